The minimum atomic E-state index is -0.200. The van der Waals surface area contributed by atoms with Gasteiger partial charge in [0.1, 0.15) is 6.04 Å². The first-order chi connectivity index (χ1) is 10.5. The van der Waals surface area contributed by atoms with E-state index in [9.17, 15) is 0 Å². The molecule has 6 nitrogen and oxygen atoms in total. The monoisotopic (exact) mass is 317 g/mol. The molecule has 2 N–H and O–H groups in total. The van der Waals surface area contributed by atoms with Crippen LogP contribution < -0.4 is 5.73 Å². The fourth-order valence-corrected chi connectivity index (χ4v) is 2.32. The zero-order valence-electron chi connectivity index (χ0n) is 12.5. The standard InChI is InChI=1S/C15H16ClN5O/c1-8-11(5-4-6-13(8)17)14-18-15(22-20-14)10(3)21-7-12(16)9(2)19-21/h4-7,10H,17H2,1-3H3. The molecule has 22 heavy (non-hydrogen) atoms. The maximum atomic E-state index is 6.04. The summed E-state index contributed by atoms with van der Waals surface area (Å²) in [5.74, 6) is 0.984. The van der Waals surface area contributed by atoms with Crippen molar-refractivity contribution in [3.8, 4) is 11.4 Å². The van der Waals surface area contributed by atoms with E-state index in [1.165, 1.54) is 0 Å². The number of nitrogens with two attached hydrogens (primary N) is 1. The molecular formula is C15H16ClN5O. The van der Waals surface area contributed by atoms with E-state index in [-0.39, 0.29) is 6.04 Å². The van der Waals surface area contributed by atoms with Crippen LogP contribution in [-0.2, 0) is 0 Å². The number of nitrogens with zero attached hydrogens (tertiary/aromatic N) is 4. The van der Waals surface area contributed by atoms with Crippen molar-refractivity contribution in [1.29, 1.82) is 0 Å². The maximum Gasteiger partial charge on any atom is 0.251 e. The van der Waals surface area contributed by atoms with Gasteiger partial charge in [-0.1, -0.05) is 28.9 Å². The van der Waals surface area contributed by atoms with Crippen LogP contribution in [0.25, 0.3) is 11.4 Å². The molecule has 0 saturated carbocycles. The summed E-state index contributed by atoms with van der Waals surface area (Å²) >= 11 is 6.04. The predicted octanol–water partition coefficient (Wildman–Crippen LogP) is 3.39. The summed E-state index contributed by atoms with van der Waals surface area (Å²) in [6.07, 6.45) is 1.75. The van der Waals surface area contributed by atoms with Gasteiger partial charge in [-0.05, 0) is 32.4 Å². The predicted molar refractivity (Wildman–Crippen MR) is 84.7 cm³/mol. The third-order valence-corrected chi connectivity index (χ3v) is 4.04. The summed E-state index contributed by atoms with van der Waals surface area (Å²) in [4.78, 5) is 4.46. The summed E-state index contributed by atoms with van der Waals surface area (Å²) in [6, 6.07) is 5.43. The van der Waals surface area contributed by atoms with Crippen molar-refractivity contribution >= 4 is 17.3 Å². The van der Waals surface area contributed by atoms with Gasteiger partial charge in [0.15, 0.2) is 0 Å². The van der Waals surface area contributed by atoms with E-state index >= 15 is 0 Å². The van der Waals surface area contributed by atoms with Crippen LogP contribution in [0.3, 0.4) is 0 Å². The minimum Gasteiger partial charge on any atom is -0.398 e. The lowest BCUT2D eigenvalue weighted by atomic mass is 10.1. The molecule has 1 aromatic carbocycles. The fourth-order valence-electron chi connectivity index (χ4n) is 2.18. The number of halogens is 1. The van der Waals surface area contributed by atoms with Crippen molar-refractivity contribution in [3.05, 3.63) is 46.6 Å². The highest BCUT2D eigenvalue weighted by Gasteiger charge is 2.19. The Morgan fingerprint density at radius 2 is 2.09 bits per heavy atom. The highest BCUT2D eigenvalue weighted by atomic mass is 35.5. The van der Waals surface area contributed by atoms with Gasteiger partial charge in [0.25, 0.3) is 5.89 Å². The maximum absolute atomic E-state index is 6.04. The Morgan fingerprint density at radius 1 is 1.32 bits per heavy atom. The first-order valence-corrected chi connectivity index (χ1v) is 7.25. The normalized spacial score (nSPS) is 12.5. The van der Waals surface area contributed by atoms with Crippen LogP contribution in [0.5, 0.6) is 0 Å². The number of hydrogen-bond donors (Lipinski definition) is 1. The second-order valence-electron chi connectivity index (χ2n) is 5.19. The van der Waals surface area contributed by atoms with E-state index in [2.05, 4.69) is 15.2 Å². The Morgan fingerprint density at radius 3 is 2.77 bits per heavy atom. The average Bonchev–Trinajstić information content (AvgIpc) is 3.09. The lowest BCUT2D eigenvalue weighted by molar-refractivity contribution is 0.336. The molecule has 3 aromatic rings. The Balaban J connectivity index is 1.95. The quantitative estimate of drug-likeness (QED) is 0.749. The molecule has 3 rings (SSSR count). The Kier molecular flexibility index (Phi) is 3.62. The van der Waals surface area contributed by atoms with Crippen LogP contribution in [-0.4, -0.2) is 19.9 Å². The van der Waals surface area contributed by atoms with Crippen LogP contribution in [0, 0.1) is 13.8 Å². The molecule has 2 aromatic heterocycles. The van der Waals surface area contributed by atoms with E-state index in [1.54, 1.807) is 10.9 Å². The second-order valence-corrected chi connectivity index (χ2v) is 5.60. The van der Waals surface area contributed by atoms with Crippen LogP contribution in [0.1, 0.15) is 30.1 Å². The molecule has 7 heteroatoms. The van der Waals surface area contributed by atoms with E-state index < -0.39 is 0 Å². The van der Waals surface area contributed by atoms with Gasteiger partial charge >= 0.3 is 0 Å². The summed E-state index contributed by atoms with van der Waals surface area (Å²) in [6.45, 7) is 5.70. The van der Waals surface area contributed by atoms with Crippen LogP contribution in [0.15, 0.2) is 28.9 Å². The molecule has 2 heterocycles. The van der Waals surface area contributed by atoms with Crippen molar-refractivity contribution in [2.24, 2.45) is 0 Å². The summed E-state index contributed by atoms with van der Waals surface area (Å²) in [5, 5.41) is 9.00. The number of nitrogen functional groups attached to an aromatic ring is 1. The zero-order chi connectivity index (χ0) is 15.9. The third kappa shape index (κ3) is 2.46. The van der Waals surface area contributed by atoms with Crippen molar-refractivity contribution in [3.63, 3.8) is 0 Å². The van der Waals surface area contributed by atoms with Crippen LogP contribution in [0.4, 0.5) is 5.69 Å². The Hall–Kier alpha value is -2.34. The first kappa shape index (κ1) is 14.6. The van der Waals surface area contributed by atoms with E-state index in [0.717, 1.165) is 16.8 Å². The minimum absolute atomic E-state index is 0.200. The first-order valence-electron chi connectivity index (χ1n) is 6.87. The van der Waals surface area contributed by atoms with Gasteiger partial charge in [-0.15, -0.1) is 0 Å². The largest absolute Gasteiger partial charge is 0.398 e. The van der Waals surface area contributed by atoms with Gasteiger partial charge in [0, 0.05) is 17.4 Å². The van der Waals surface area contributed by atoms with Gasteiger partial charge in [-0.3, -0.25) is 4.68 Å². The molecule has 0 saturated heterocycles. The summed E-state index contributed by atoms with van der Waals surface area (Å²) in [7, 11) is 0. The number of rotatable bonds is 3. The molecule has 114 valence electrons. The number of hydrogen-bond acceptors (Lipinski definition) is 5. The van der Waals surface area contributed by atoms with Crippen LogP contribution in [0.2, 0.25) is 5.02 Å². The summed E-state index contributed by atoms with van der Waals surface area (Å²) in [5.41, 5.74) is 9.17. The SMILES string of the molecule is Cc1nn(C(C)c2nc(-c3cccc(N)c3C)no2)cc1Cl. The molecular weight excluding hydrogens is 302 g/mol. The van der Waals surface area contributed by atoms with E-state index in [4.69, 9.17) is 21.9 Å². The molecule has 0 amide bonds. The van der Waals surface area contributed by atoms with E-state index in [1.807, 2.05) is 39.0 Å². The van der Waals surface area contributed by atoms with Gasteiger partial charge in [0.05, 0.1) is 10.7 Å². The lowest BCUT2D eigenvalue weighted by Gasteiger charge is -2.06. The molecule has 0 fully saturated rings. The molecule has 1 unspecified atom stereocenters. The molecule has 1 atom stereocenters. The smallest absolute Gasteiger partial charge is 0.251 e. The van der Waals surface area contributed by atoms with Crippen molar-refractivity contribution < 1.29 is 4.52 Å². The topological polar surface area (TPSA) is 82.8 Å². The number of aryl methyl sites for hydroxylation is 1. The number of benzene rings is 1. The number of anilines is 1. The van der Waals surface area contributed by atoms with E-state index in [0.29, 0.717) is 22.4 Å². The molecule has 0 aliphatic heterocycles. The molecule has 0 bridgehead atoms. The number of aromatic nitrogens is 4. The van der Waals surface area contributed by atoms with Crippen molar-refractivity contribution in [1.82, 2.24) is 19.9 Å². The molecule has 0 spiro atoms. The Labute approximate surface area is 132 Å². The van der Waals surface area contributed by atoms with Gasteiger partial charge < -0.3 is 10.3 Å². The van der Waals surface area contributed by atoms with Crippen molar-refractivity contribution in [2.45, 2.75) is 26.8 Å². The van der Waals surface area contributed by atoms with Crippen molar-refractivity contribution in [2.75, 3.05) is 5.73 Å². The van der Waals surface area contributed by atoms with Gasteiger partial charge in [-0.25, -0.2) is 0 Å². The summed E-state index contributed by atoms with van der Waals surface area (Å²) < 4.78 is 7.08. The highest BCUT2D eigenvalue weighted by Crippen LogP contribution is 2.27. The van der Waals surface area contributed by atoms with Crippen LogP contribution >= 0.6 is 11.6 Å². The molecule has 0 radical (unpaired) electrons. The molecule has 0 aliphatic carbocycles. The van der Waals surface area contributed by atoms with Gasteiger partial charge in [0.2, 0.25) is 5.82 Å². The third-order valence-electron chi connectivity index (χ3n) is 3.67. The second kappa shape index (κ2) is 5.46. The fraction of sp³-hybridized carbons (Fsp3) is 0.267. The Bertz CT molecular complexity index is 804. The zero-order valence-corrected chi connectivity index (χ0v) is 13.3. The lowest BCUT2D eigenvalue weighted by Crippen LogP contribution is -2.07. The highest BCUT2D eigenvalue weighted by molar-refractivity contribution is 6.31. The molecule has 0 aliphatic rings. The average molecular weight is 318 g/mol. The van der Waals surface area contributed by atoms with Gasteiger partial charge in [-0.2, -0.15) is 10.1 Å².